The molecule has 1 aromatic carbocycles. The van der Waals surface area contributed by atoms with Crippen LogP contribution < -0.4 is 16.0 Å². The van der Waals surface area contributed by atoms with Crippen LogP contribution in [-0.4, -0.2) is 66.2 Å². The summed E-state index contributed by atoms with van der Waals surface area (Å²) in [5.74, 6) is -0.532. The molecule has 0 aliphatic carbocycles. The van der Waals surface area contributed by atoms with Crippen molar-refractivity contribution in [1.82, 2.24) is 14.9 Å². The highest BCUT2D eigenvalue weighted by atomic mass is 28.3. The molecule has 0 unspecified atom stereocenters. The van der Waals surface area contributed by atoms with Crippen molar-refractivity contribution in [2.75, 3.05) is 24.4 Å². The van der Waals surface area contributed by atoms with Crippen molar-refractivity contribution in [1.29, 1.82) is 0 Å². The van der Waals surface area contributed by atoms with Gasteiger partial charge in [-0.25, -0.2) is 19.4 Å². The van der Waals surface area contributed by atoms with E-state index in [9.17, 15) is 19.5 Å². The van der Waals surface area contributed by atoms with Crippen LogP contribution >= 0.6 is 0 Å². The van der Waals surface area contributed by atoms with E-state index in [1.54, 1.807) is 63.4 Å². The zero-order valence-electron chi connectivity index (χ0n) is 27.7. The quantitative estimate of drug-likeness (QED) is 0.0859. The number of carbonyl (C=O) groups excluding carboxylic acids is 2. The van der Waals surface area contributed by atoms with Crippen molar-refractivity contribution in [2.24, 2.45) is 0 Å². The lowest BCUT2D eigenvalue weighted by atomic mass is 10.1. The monoisotopic (exact) mass is 643 g/mol. The summed E-state index contributed by atoms with van der Waals surface area (Å²) in [6.07, 6.45) is 6.35. The summed E-state index contributed by atoms with van der Waals surface area (Å²) >= 11 is 0. The number of imidazole rings is 1. The number of carboxylic acids is 1. The third-order valence-electron chi connectivity index (χ3n) is 6.40. The lowest BCUT2D eigenvalue weighted by Gasteiger charge is -2.23. The molecule has 13 heteroatoms. The minimum atomic E-state index is -1.33. The zero-order chi connectivity index (χ0) is 33.8. The van der Waals surface area contributed by atoms with Gasteiger partial charge in [0.1, 0.15) is 24.2 Å². The first-order valence-corrected chi connectivity index (χ1v) is 18.6. The Bertz CT molecular complexity index is 1340. The molecule has 0 saturated heterocycles. The predicted molar refractivity (Wildman–Crippen MR) is 179 cm³/mol. The van der Waals surface area contributed by atoms with Gasteiger partial charge in [-0.1, -0.05) is 37.9 Å². The molecular weight excluding hydrogens is 594 g/mol. The van der Waals surface area contributed by atoms with E-state index in [-0.39, 0.29) is 13.2 Å². The highest BCUT2D eigenvalue weighted by Gasteiger charge is 2.26. The van der Waals surface area contributed by atoms with E-state index in [1.165, 1.54) is 7.11 Å². The molecule has 4 N–H and O–H groups in total. The van der Waals surface area contributed by atoms with E-state index in [2.05, 4.69) is 42.2 Å². The summed E-state index contributed by atoms with van der Waals surface area (Å²) in [7, 11) is -0.0793. The van der Waals surface area contributed by atoms with Gasteiger partial charge >= 0.3 is 18.2 Å². The maximum absolute atomic E-state index is 12.8. The fourth-order valence-electron chi connectivity index (χ4n) is 4.14. The average Bonchev–Trinajstić information content (AvgIpc) is 3.35. The molecule has 2 rings (SSSR count). The Labute approximate surface area is 267 Å². The fourth-order valence-corrected chi connectivity index (χ4v) is 4.90. The minimum Gasteiger partial charge on any atom is -0.480 e. The molecule has 2 aromatic rings. The smallest absolute Gasteiger partial charge is 0.411 e. The average molecular weight is 644 g/mol. The molecule has 0 aliphatic heterocycles. The van der Waals surface area contributed by atoms with Gasteiger partial charge in [0.05, 0.1) is 18.8 Å². The number of amides is 2. The molecule has 2 atom stereocenters. The molecule has 0 radical (unpaired) electrons. The summed E-state index contributed by atoms with van der Waals surface area (Å²) in [5.41, 5.74) is 1.21. The lowest BCUT2D eigenvalue weighted by molar-refractivity contribution is -0.137. The van der Waals surface area contributed by atoms with Crippen molar-refractivity contribution in [3.05, 3.63) is 55.0 Å². The molecule has 0 aliphatic rings. The molecule has 0 bridgehead atoms. The highest BCUT2D eigenvalue weighted by molar-refractivity contribution is 6.76. The number of anilines is 2. The van der Waals surface area contributed by atoms with E-state index in [0.717, 1.165) is 6.04 Å². The highest BCUT2D eigenvalue weighted by Crippen LogP contribution is 2.33. The third kappa shape index (κ3) is 12.8. The first-order chi connectivity index (χ1) is 21.1. The van der Waals surface area contributed by atoms with E-state index in [1.807, 2.05) is 11.5 Å². The van der Waals surface area contributed by atoms with Gasteiger partial charge in [0.15, 0.2) is 0 Å². The second kappa shape index (κ2) is 16.8. The maximum Gasteiger partial charge on any atom is 0.411 e. The number of allylic oxidation sites excluding steroid dienone is 1. The van der Waals surface area contributed by atoms with Crippen molar-refractivity contribution in [3.63, 3.8) is 0 Å². The number of methoxy groups -OCH3 is 1. The third-order valence-corrected chi connectivity index (χ3v) is 8.11. The Balaban J connectivity index is 2.63. The number of carbonyl (C=O) groups is 3. The normalized spacial score (nSPS) is 13.2. The van der Waals surface area contributed by atoms with Gasteiger partial charge in [0.25, 0.3) is 0 Å². The number of ether oxygens (including phenoxy) is 3. The number of rotatable bonds is 16. The Hall–Kier alpha value is -4.10. The van der Waals surface area contributed by atoms with Crippen LogP contribution in [0, 0.1) is 0 Å². The van der Waals surface area contributed by atoms with Crippen LogP contribution in [-0.2, 0) is 25.7 Å². The van der Waals surface area contributed by atoms with Crippen molar-refractivity contribution in [3.8, 4) is 11.3 Å². The second-order valence-corrected chi connectivity index (χ2v) is 18.4. The molecular formula is C32H49N5O7Si. The summed E-state index contributed by atoms with van der Waals surface area (Å²) in [5, 5.41) is 18.5. The van der Waals surface area contributed by atoms with Crippen molar-refractivity contribution < 1.29 is 33.7 Å². The van der Waals surface area contributed by atoms with Gasteiger partial charge in [-0.3, -0.25) is 5.32 Å². The van der Waals surface area contributed by atoms with Crippen molar-refractivity contribution >= 4 is 37.6 Å². The van der Waals surface area contributed by atoms with Gasteiger partial charge in [-0.05, 0) is 64.8 Å². The molecule has 2 amide bonds. The number of benzene rings is 1. The van der Waals surface area contributed by atoms with Gasteiger partial charge < -0.3 is 34.5 Å². The van der Waals surface area contributed by atoms with E-state index in [0.29, 0.717) is 41.5 Å². The number of aliphatic carboxylic acids is 1. The van der Waals surface area contributed by atoms with Gasteiger partial charge in [-0.15, -0.1) is 6.58 Å². The fraction of sp³-hybridized carbons (Fsp3) is 0.500. The van der Waals surface area contributed by atoms with E-state index < -0.39 is 43.9 Å². The Morgan fingerprint density at radius 2 is 1.87 bits per heavy atom. The number of nitrogens with one attached hydrogen (secondary N) is 3. The number of alkyl carbamates (subject to hydrolysis) is 1. The van der Waals surface area contributed by atoms with Crippen LogP contribution in [0.4, 0.5) is 21.0 Å². The second-order valence-electron chi connectivity index (χ2n) is 12.7. The molecule has 12 nitrogen and oxygen atoms in total. The molecule has 1 heterocycles. The number of aromatic nitrogens is 2. The Kier molecular flexibility index (Phi) is 13.9. The molecule has 248 valence electrons. The topological polar surface area (TPSA) is 153 Å². The van der Waals surface area contributed by atoms with Crippen LogP contribution in [0.3, 0.4) is 0 Å². The SMILES string of the molecule is C=CC[C@H](NC(=O)OC(C)(C)C)c1nc(-c2ccc(NC(=O)OC)cc2N[C@H](CC=CC)C(=O)O)cn1COCC[Si](C)(C)C. The molecule has 0 fully saturated rings. The predicted octanol–water partition coefficient (Wildman–Crippen LogP) is 7.01. The van der Waals surface area contributed by atoms with Crippen LogP contribution in [0.1, 0.15) is 52.4 Å². The summed E-state index contributed by atoms with van der Waals surface area (Å²) in [6.45, 7) is 18.6. The molecule has 0 spiro atoms. The molecule has 45 heavy (non-hydrogen) atoms. The minimum absolute atomic E-state index is 0.181. The van der Waals surface area contributed by atoms with Crippen LogP contribution in [0.15, 0.2) is 49.2 Å². The zero-order valence-corrected chi connectivity index (χ0v) is 28.7. The summed E-state index contributed by atoms with van der Waals surface area (Å²) in [4.78, 5) is 41.8. The van der Waals surface area contributed by atoms with Crippen molar-refractivity contribution in [2.45, 2.75) is 90.6 Å². The van der Waals surface area contributed by atoms with Gasteiger partial charge in [0, 0.05) is 37.8 Å². The number of carboxylic acid groups (broad SMARTS) is 1. The Morgan fingerprint density at radius 1 is 1.16 bits per heavy atom. The van der Waals surface area contributed by atoms with Crippen LogP contribution in [0.5, 0.6) is 0 Å². The first-order valence-electron chi connectivity index (χ1n) is 14.9. The number of hydrogen-bond acceptors (Lipinski definition) is 8. The summed E-state index contributed by atoms with van der Waals surface area (Å²) in [6, 6.07) is 4.45. The van der Waals surface area contributed by atoms with Gasteiger partial charge in [-0.2, -0.15) is 0 Å². The van der Waals surface area contributed by atoms with E-state index in [4.69, 9.17) is 19.2 Å². The standard InChI is InChI=1S/C32H49N5O7Si/c1-10-12-14-25(29(38)39)34-26-19-22(33-30(40)42-6)15-16-23(26)27-20-37(21-43-17-18-45(7,8)9)28(35-27)24(13-11-2)36-31(41)44-32(3,4)5/h10-12,15-16,19-20,24-25,34H,2,13-14,17-18,21H2,1,3-9H3,(H,33,40)(H,36,41)(H,38,39)/t24-,25+/m0/s1. The van der Waals surface area contributed by atoms with Crippen LogP contribution in [0.25, 0.3) is 11.3 Å². The van der Waals surface area contributed by atoms with E-state index >= 15 is 0 Å². The largest absolute Gasteiger partial charge is 0.480 e. The summed E-state index contributed by atoms with van der Waals surface area (Å²) < 4.78 is 18.1. The van der Waals surface area contributed by atoms with Gasteiger partial charge in [0.2, 0.25) is 0 Å². The molecule has 1 aromatic heterocycles. The maximum atomic E-state index is 12.8. The molecule has 0 saturated carbocycles. The van der Waals surface area contributed by atoms with Crippen LogP contribution in [0.2, 0.25) is 25.7 Å². The number of hydrogen-bond donors (Lipinski definition) is 4. The number of nitrogens with zero attached hydrogens (tertiary/aromatic N) is 2. The lowest BCUT2D eigenvalue weighted by Crippen LogP contribution is -2.36. The Morgan fingerprint density at radius 3 is 2.44 bits per heavy atom. The first kappa shape index (κ1) is 37.1.